The van der Waals surface area contributed by atoms with Crippen LogP contribution in [0, 0.1) is 5.41 Å². The van der Waals surface area contributed by atoms with Gasteiger partial charge in [-0.15, -0.1) is 0 Å². The second-order valence-corrected chi connectivity index (χ2v) is 4.66. The van der Waals surface area contributed by atoms with E-state index in [0.717, 1.165) is 25.8 Å². The van der Waals surface area contributed by atoms with Crippen LogP contribution in [0.5, 0.6) is 0 Å². The Morgan fingerprint density at radius 2 is 2.00 bits per heavy atom. The number of hydrogen-bond acceptors (Lipinski definition) is 3. The van der Waals surface area contributed by atoms with Crippen LogP contribution in [-0.2, 0) is 4.79 Å². The lowest BCUT2D eigenvalue weighted by Crippen LogP contribution is -2.50. The molecule has 0 aromatic carbocycles. The minimum absolute atomic E-state index is 0.0228. The highest BCUT2D eigenvalue weighted by molar-refractivity contribution is 6.07. The summed E-state index contributed by atoms with van der Waals surface area (Å²) in [6, 6.07) is 0. The molecule has 1 saturated carbocycles. The summed E-state index contributed by atoms with van der Waals surface area (Å²) in [5, 5.41) is 12.0. The molecule has 0 aliphatic heterocycles. The molecular formula is C12H23N3O2. The zero-order chi connectivity index (χ0) is 12.9. The molecule has 0 aromatic heterocycles. The summed E-state index contributed by atoms with van der Waals surface area (Å²) in [6.07, 6.45) is 4.24. The van der Waals surface area contributed by atoms with E-state index >= 15 is 0 Å². The van der Waals surface area contributed by atoms with Crippen LogP contribution >= 0.6 is 0 Å². The molecule has 0 unspecified atom stereocenters. The van der Waals surface area contributed by atoms with Crippen LogP contribution in [-0.4, -0.2) is 34.9 Å². The quantitative estimate of drug-likeness (QED) is 0.332. The normalized spacial score (nSPS) is 19.3. The number of amidine groups is 1. The Kier molecular flexibility index (Phi) is 4.78. The number of nitrogens with two attached hydrogens (primary N) is 1. The Balaban J connectivity index is 2.94. The Morgan fingerprint density at radius 3 is 2.41 bits per heavy atom. The second-order valence-electron chi connectivity index (χ2n) is 4.66. The van der Waals surface area contributed by atoms with Gasteiger partial charge in [0.25, 0.3) is 0 Å². The zero-order valence-electron chi connectivity index (χ0n) is 10.8. The van der Waals surface area contributed by atoms with Crippen molar-refractivity contribution >= 4 is 11.7 Å². The first kappa shape index (κ1) is 13.8. The summed E-state index contributed by atoms with van der Waals surface area (Å²) in [7, 11) is 0. The molecule has 0 radical (unpaired) electrons. The van der Waals surface area contributed by atoms with Crippen molar-refractivity contribution in [2.75, 3.05) is 13.1 Å². The van der Waals surface area contributed by atoms with E-state index in [1.807, 2.05) is 18.7 Å². The van der Waals surface area contributed by atoms with Gasteiger partial charge in [0, 0.05) is 13.1 Å². The minimum Gasteiger partial charge on any atom is -0.409 e. The Labute approximate surface area is 103 Å². The maximum Gasteiger partial charge on any atom is 0.236 e. The molecular weight excluding hydrogens is 218 g/mol. The first-order chi connectivity index (χ1) is 8.12. The van der Waals surface area contributed by atoms with Gasteiger partial charge in [-0.25, -0.2) is 0 Å². The fourth-order valence-electron chi connectivity index (χ4n) is 2.63. The summed E-state index contributed by atoms with van der Waals surface area (Å²) < 4.78 is 0. The Morgan fingerprint density at radius 1 is 1.41 bits per heavy atom. The van der Waals surface area contributed by atoms with Crippen molar-refractivity contribution in [2.24, 2.45) is 16.3 Å². The van der Waals surface area contributed by atoms with Gasteiger partial charge < -0.3 is 15.8 Å². The zero-order valence-corrected chi connectivity index (χ0v) is 10.8. The molecule has 0 saturated heterocycles. The van der Waals surface area contributed by atoms with Crippen LogP contribution in [0.2, 0.25) is 0 Å². The predicted octanol–water partition coefficient (Wildman–Crippen LogP) is 1.55. The van der Waals surface area contributed by atoms with Crippen LogP contribution in [0.15, 0.2) is 5.16 Å². The predicted molar refractivity (Wildman–Crippen MR) is 66.9 cm³/mol. The van der Waals surface area contributed by atoms with Crippen molar-refractivity contribution in [3.8, 4) is 0 Å². The average molecular weight is 241 g/mol. The molecule has 17 heavy (non-hydrogen) atoms. The van der Waals surface area contributed by atoms with Crippen molar-refractivity contribution < 1.29 is 10.0 Å². The topological polar surface area (TPSA) is 78.9 Å². The molecule has 1 amide bonds. The molecule has 3 N–H and O–H groups in total. The smallest absolute Gasteiger partial charge is 0.236 e. The van der Waals surface area contributed by atoms with E-state index in [4.69, 9.17) is 10.9 Å². The first-order valence-electron chi connectivity index (χ1n) is 6.39. The number of rotatable bonds is 5. The van der Waals surface area contributed by atoms with Crippen molar-refractivity contribution in [1.29, 1.82) is 0 Å². The van der Waals surface area contributed by atoms with Crippen LogP contribution in [0.3, 0.4) is 0 Å². The van der Waals surface area contributed by atoms with E-state index in [9.17, 15) is 4.79 Å². The van der Waals surface area contributed by atoms with Gasteiger partial charge in [-0.3, -0.25) is 4.79 Å². The molecule has 1 aliphatic rings. The molecule has 0 bridgehead atoms. The number of oxime groups is 1. The van der Waals surface area contributed by atoms with Gasteiger partial charge in [0.15, 0.2) is 5.84 Å². The summed E-state index contributed by atoms with van der Waals surface area (Å²) in [5.74, 6) is 0.101. The average Bonchev–Trinajstić information content (AvgIpc) is 2.84. The summed E-state index contributed by atoms with van der Waals surface area (Å²) in [5.41, 5.74) is 5.01. The van der Waals surface area contributed by atoms with Gasteiger partial charge >= 0.3 is 0 Å². The second kappa shape index (κ2) is 5.89. The number of hydrogen-bond donors (Lipinski definition) is 2. The molecule has 0 spiro atoms. The van der Waals surface area contributed by atoms with Crippen LogP contribution in [0.25, 0.3) is 0 Å². The van der Waals surface area contributed by atoms with Crippen molar-refractivity contribution in [3.63, 3.8) is 0 Å². The number of carbonyl (C=O) groups excluding carboxylic acids is 1. The molecule has 98 valence electrons. The van der Waals surface area contributed by atoms with E-state index < -0.39 is 5.41 Å². The lowest BCUT2D eigenvalue weighted by molar-refractivity contribution is -0.138. The van der Waals surface area contributed by atoms with Gasteiger partial charge in [0.05, 0.1) is 0 Å². The largest absolute Gasteiger partial charge is 0.409 e. The molecule has 0 heterocycles. The maximum atomic E-state index is 12.5. The van der Waals surface area contributed by atoms with Gasteiger partial charge in [0.1, 0.15) is 5.41 Å². The highest BCUT2D eigenvalue weighted by Crippen LogP contribution is 2.40. The lowest BCUT2D eigenvalue weighted by Gasteiger charge is -2.32. The van der Waals surface area contributed by atoms with Gasteiger partial charge in [-0.2, -0.15) is 0 Å². The minimum atomic E-state index is -0.750. The molecule has 1 rings (SSSR count). The van der Waals surface area contributed by atoms with E-state index in [0.29, 0.717) is 19.4 Å². The first-order valence-corrected chi connectivity index (χ1v) is 6.39. The number of nitrogens with zero attached hydrogens (tertiary/aromatic N) is 2. The third kappa shape index (κ3) is 2.53. The van der Waals surface area contributed by atoms with E-state index in [1.54, 1.807) is 0 Å². The summed E-state index contributed by atoms with van der Waals surface area (Å²) >= 11 is 0. The fraction of sp³-hybridized carbons (Fsp3) is 0.833. The molecule has 0 aromatic rings. The third-order valence-corrected chi connectivity index (χ3v) is 3.63. The SMILES string of the molecule is CCCN(CC)C(=O)C1(C(N)=NO)CCCC1. The Bertz CT molecular complexity index is 296. The highest BCUT2D eigenvalue weighted by atomic mass is 16.4. The van der Waals surface area contributed by atoms with Gasteiger partial charge in [-0.05, 0) is 26.2 Å². The van der Waals surface area contributed by atoms with Crippen molar-refractivity contribution in [3.05, 3.63) is 0 Å². The number of carbonyl (C=O) groups is 1. The number of amides is 1. The van der Waals surface area contributed by atoms with Crippen molar-refractivity contribution in [2.45, 2.75) is 46.0 Å². The van der Waals surface area contributed by atoms with Crippen LogP contribution in [0.4, 0.5) is 0 Å². The van der Waals surface area contributed by atoms with E-state index in [1.165, 1.54) is 0 Å². The third-order valence-electron chi connectivity index (χ3n) is 3.63. The monoisotopic (exact) mass is 241 g/mol. The molecule has 1 aliphatic carbocycles. The van der Waals surface area contributed by atoms with Crippen molar-refractivity contribution in [1.82, 2.24) is 4.90 Å². The molecule has 1 fully saturated rings. The van der Waals surface area contributed by atoms with Crippen LogP contribution in [0.1, 0.15) is 46.0 Å². The lowest BCUT2D eigenvalue weighted by atomic mass is 9.83. The van der Waals surface area contributed by atoms with Gasteiger partial charge in [-0.1, -0.05) is 24.9 Å². The van der Waals surface area contributed by atoms with E-state index in [-0.39, 0.29) is 11.7 Å². The summed E-state index contributed by atoms with van der Waals surface area (Å²) in [4.78, 5) is 14.4. The van der Waals surface area contributed by atoms with E-state index in [2.05, 4.69) is 5.16 Å². The fourth-order valence-corrected chi connectivity index (χ4v) is 2.63. The molecule has 0 atom stereocenters. The highest BCUT2D eigenvalue weighted by Gasteiger charge is 2.47. The molecule has 5 heteroatoms. The maximum absolute atomic E-state index is 12.5. The Hall–Kier alpha value is -1.26. The molecule has 5 nitrogen and oxygen atoms in total. The summed E-state index contributed by atoms with van der Waals surface area (Å²) in [6.45, 7) is 5.41. The standard InChI is InChI=1S/C12H23N3O2/c1-3-9-15(4-2)11(16)12(10(13)14-17)7-5-6-8-12/h17H,3-9H2,1-2H3,(H2,13,14). The van der Waals surface area contributed by atoms with Crippen LogP contribution < -0.4 is 5.73 Å². The van der Waals surface area contributed by atoms with Gasteiger partial charge in [0.2, 0.25) is 5.91 Å².